The number of carbonyl (C=O) groups excluding carboxylic acids is 1. The second kappa shape index (κ2) is 6.61. The molecule has 2 unspecified atom stereocenters. The van der Waals surface area contributed by atoms with E-state index in [9.17, 15) is 9.59 Å². The summed E-state index contributed by atoms with van der Waals surface area (Å²) in [4.78, 5) is 23.9. The van der Waals surface area contributed by atoms with Crippen molar-refractivity contribution in [2.24, 2.45) is 5.92 Å². The number of carboxylic acid groups (broad SMARTS) is 1. The van der Waals surface area contributed by atoms with E-state index < -0.39 is 11.9 Å². The number of hydrogen-bond acceptors (Lipinski definition) is 3. The zero-order valence-electron chi connectivity index (χ0n) is 10.5. The first-order valence-corrected chi connectivity index (χ1v) is 7.35. The maximum absolute atomic E-state index is 11.8. The van der Waals surface area contributed by atoms with Crippen LogP contribution in [-0.2, 0) is 9.59 Å². The molecule has 2 N–H and O–H groups in total. The third-order valence-electron chi connectivity index (χ3n) is 3.29. The van der Waals surface area contributed by atoms with E-state index in [4.69, 9.17) is 5.11 Å². The van der Waals surface area contributed by atoms with E-state index in [1.807, 2.05) is 30.3 Å². The van der Waals surface area contributed by atoms with Crippen molar-refractivity contribution in [1.82, 2.24) is 5.32 Å². The molecule has 4 nitrogen and oxygen atoms in total. The molecule has 0 radical (unpaired) electrons. The number of hydrogen-bond donors (Lipinski definition) is 2. The molecule has 19 heavy (non-hydrogen) atoms. The highest BCUT2D eigenvalue weighted by Crippen LogP contribution is 2.26. The van der Waals surface area contributed by atoms with Crippen molar-refractivity contribution in [3.8, 4) is 0 Å². The molecule has 1 aromatic carbocycles. The fraction of sp³-hybridized carbons (Fsp3) is 0.429. The van der Waals surface area contributed by atoms with Crippen molar-refractivity contribution in [3.63, 3.8) is 0 Å². The number of thioether (sulfide) groups is 1. The molecular formula is C14H17NO3S. The van der Waals surface area contributed by atoms with Gasteiger partial charge in [0.05, 0.1) is 11.7 Å². The maximum Gasteiger partial charge on any atom is 0.308 e. The van der Waals surface area contributed by atoms with Crippen LogP contribution in [0.2, 0.25) is 0 Å². The van der Waals surface area contributed by atoms with Crippen LogP contribution in [0.5, 0.6) is 0 Å². The summed E-state index contributed by atoms with van der Waals surface area (Å²) in [6.07, 6.45) is 2.29. The molecule has 2 rings (SSSR count). The van der Waals surface area contributed by atoms with Gasteiger partial charge in [-0.1, -0.05) is 24.6 Å². The number of carbonyl (C=O) groups is 2. The standard InChI is InChI=1S/C14H17NO3S/c16-13(9-19-10-5-2-1-3-6-10)15-12-8-4-7-11(12)14(17)18/h1-3,5-6,11-12H,4,7-9H2,(H,15,16)(H,17,18). The maximum atomic E-state index is 11.8. The topological polar surface area (TPSA) is 66.4 Å². The van der Waals surface area contributed by atoms with Gasteiger partial charge in [-0.05, 0) is 25.0 Å². The first-order valence-electron chi connectivity index (χ1n) is 6.37. The van der Waals surface area contributed by atoms with E-state index in [1.54, 1.807) is 0 Å². The molecule has 1 saturated carbocycles. The van der Waals surface area contributed by atoms with Crippen LogP contribution in [0.25, 0.3) is 0 Å². The number of benzene rings is 1. The van der Waals surface area contributed by atoms with Crippen LogP contribution in [0.15, 0.2) is 35.2 Å². The van der Waals surface area contributed by atoms with Gasteiger partial charge in [0.2, 0.25) is 5.91 Å². The molecule has 0 saturated heterocycles. The lowest BCUT2D eigenvalue weighted by Gasteiger charge is -2.17. The smallest absolute Gasteiger partial charge is 0.308 e. The Balaban J connectivity index is 1.80. The predicted molar refractivity (Wildman–Crippen MR) is 74.1 cm³/mol. The van der Waals surface area contributed by atoms with Gasteiger partial charge in [-0.25, -0.2) is 0 Å². The first-order chi connectivity index (χ1) is 9.16. The Bertz CT molecular complexity index is 449. The summed E-state index contributed by atoms with van der Waals surface area (Å²) in [6.45, 7) is 0. The largest absolute Gasteiger partial charge is 0.481 e. The Morgan fingerprint density at radius 1 is 1.26 bits per heavy atom. The predicted octanol–water partition coefficient (Wildman–Crippen LogP) is 2.15. The molecule has 102 valence electrons. The Labute approximate surface area is 116 Å². The second-order valence-corrected chi connectivity index (χ2v) is 5.70. The number of aliphatic carboxylic acids is 1. The SMILES string of the molecule is O=C(CSc1ccccc1)NC1CCCC1C(=O)O. The van der Waals surface area contributed by atoms with Crippen molar-refractivity contribution < 1.29 is 14.7 Å². The second-order valence-electron chi connectivity index (χ2n) is 4.65. The number of carboxylic acids is 1. The summed E-state index contributed by atoms with van der Waals surface area (Å²) in [5, 5.41) is 11.9. The Morgan fingerprint density at radius 2 is 2.00 bits per heavy atom. The molecular weight excluding hydrogens is 262 g/mol. The van der Waals surface area contributed by atoms with Crippen molar-refractivity contribution in [2.75, 3.05) is 5.75 Å². The summed E-state index contributed by atoms with van der Waals surface area (Å²) in [6, 6.07) is 9.48. The van der Waals surface area contributed by atoms with Crippen molar-refractivity contribution in [3.05, 3.63) is 30.3 Å². The van der Waals surface area contributed by atoms with Gasteiger partial charge in [0.25, 0.3) is 0 Å². The van der Waals surface area contributed by atoms with Gasteiger partial charge >= 0.3 is 5.97 Å². The lowest BCUT2D eigenvalue weighted by Crippen LogP contribution is -2.40. The fourth-order valence-electron chi connectivity index (χ4n) is 2.34. The number of nitrogens with one attached hydrogen (secondary N) is 1. The zero-order chi connectivity index (χ0) is 13.7. The summed E-state index contributed by atoms with van der Waals surface area (Å²) in [5.41, 5.74) is 0. The number of rotatable bonds is 5. The van der Waals surface area contributed by atoms with Gasteiger partial charge in [-0.15, -0.1) is 11.8 Å². The molecule has 1 fully saturated rings. The van der Waals surface area contributed by atoms with Gasteiger partial charge in [0.1, 0.15) is 0 Å². The van der Waals surface area contributed by atoms with Gasteiger partial charge in [-0.3, -0.25) is 9.59 Å². The molecule has 5 heteroatoms. The van der Waals surface area contributed by atoms with E-state index >= 15 is 0 Å². The van der Waals surface area contributed by atoms with Crippen molar-refractivity contribution in [1.29, 1.82) is 0 Å². The minimum Gasteiger partial charge on any atom is -0.481 e. The summed E-state index contributed by atoms with van der Waals surface area (Å²) < 4.78 is 0. The van der Waals surface area contributed by atoms with Crippen LogP contribution in [-0.4, -0.2) is 28.8 Å². The first kappa shape index (κ1) is 13.9. The van der Waals surface area contributed by atoms with Gasteiger partial charge in [0.15, 0.2) is 0 Å². The lowest BCUT2D eigenvalue weighted by atomic mass is 10.0. The average molecular weight is 279 g/mol. The van der Waals surface area contributed by atoms with Crippen LogP contribution >= 0.6 is 11.8 Å². The van der Waals surface area contributed by atoms with E-state index in [2.05, 4.69) is 5.32 Å². The van der Waals surface area contributed by atoms with Crippen LogP contribution in [0.4, 0.5) is 0 Å². The molecule has 0 heterocycles. The van der Waals surface area contributed by atoms with Crippen LogP contribution in [0.3, 0.4) is 0 Å². The van der Waals surface area contributed by atoms with Crippen LogP contribution < -0.4 is 5.32 Å². The van der Waals surface area contributed by atoms with E-state index in [0.29, 0.717) is 12.2 Å². The normalized spacial score (nSPS) is 22.1. The third kappa shape index (κ3) is 3.99. The number of amides is 1. The highest BCUT2D eigenvalue weighted by molar-refractivity contribution is 8.00. The fourth-order valence-corrected chi connectivity index (χ4v) is 3.07. The molecule has 1 aromatic rings. The Kier molecular flexibility index (Phi) is 4.85. The third-order valence-corrected chi connectivity index (χ3v) is 4.30. The Hall–Kier alpha value is -1.49. The summed E-state index contributed by atoms with van der Waals surface area (Å²) >= 11 is 1.46. The molecule has 0 aliphatic heterocycles. The minimum absolute atomic E-state index is 0.0907. The monoisotopic (exact) mass is 279 g/mol. The molecule has 2 atom stereocenters. The molecule has 1 aliphatic rings. The molecule has 0 spiro atoms. The zero-order valence-corrected chi connectivity index (χ0v) is 11.4. The quantitative estimate of drug-likeness (QED) is 0.810. The molecule has 0 bridgehead atoms. The molecule has 1 aliphatic carbocycles. The highest BCUT2D eigenvalue weighted by atomic mass is 32.2. The molecule has 0 aromatic heterocycles. The van der Waals surface area contributed by atoms with Crippen molar-refractivity contribution in [2.45, 2.75) is 30.2 Å². The highest BCUT2D eigenvalue weighted by Gasteiger charge is 2.33. The van der Waals surface area contributed by atoms with Gasteiger partial charge in [-0.2, -0.15) is 0 Å². The lowest BCUT2D eigenvalue weighted by molar-refractivity contribution is -0.142. The summed E-state index contributed by atoms with van der Waals surface area (Å²) in [5.74, 6) is -0.997. The van der Waals surface area contributed by atoms with Crippen LogP contribution in [0, 0.1) is 5.92 Å². The van der Waals surface area contributed by atoms with Crippen molar-refractivity contribution >= 4 is 23.6 Å². The van der Waals surface area contributed by atoms with E-state index in [1.165, 1.54) is 11.8 Å². The molecule has 1 amide bonds. The minimum atomic E-state index is -0.807. The van der Waals surface area contributed by atoms with Crippen LogP contribution in [0.1, 0.15) is 19.3 Å². The average Bonchev–Trinajstić information content (AvgIpc) is 2.86. The van der Waals surface area contributed by atoms with Gasteiger partial charge in [0, 0.05) is 10.9 Å². The van der Waals surface area contributed by atoms with Gasteiger partial charge < -0.3 is 10.4 Å². The van der Waals surface area contributed by atoms with E-state index in [-0.39, 0.29) is 11.9 Å². The Morgan fingerprint density at radius 3 is 2.68 bits per heavy atom. The van der Waals surface area contributed by atoms with E-state index in [0.717, 1.165) is 17.7 Å². The summed E-state index contributed by atoms with van der Waals surface area (Å²) in [7, 11) is 0.